The molecule has 2 fully saturated rings. The summed E-state index contributed by atoms with van der Waals surface area (Å²) in [6.07, 6.45) is 4.13. The lowest BCUT2D eigenvalue weighted by atomic mass is 9.64. The molecule has 1 N–H and O–H groups in total. The number of rotatable bonds is 2. The van der Waals surface area contributed by atoms with Crippen molar-refractivity contribution in [3.8, 4) is 0 Å². The molecule has 1 atom stereocenters. The van der Waals surface area contributed by atoms with E-state index in [1.54, 1.807) is 0 Å². The second-order valence-electron chi connectivity index (χ2n) is 5.42. The van der Waals surface area contributed by atoms with Gasteiger partial charge in [0.2, 0.25) is 0 Å². The smallest absolute Gasteiger partial charge is 0.171 e. The van der Waals surface area contributed by atoms with Crippen LogP contribution < -0.4 is 0 Å². The molecule has 1 spiro atoms. The monoisotopic (exact) mass is 214 g/mol. The van der Waals surface area contributed by atoms with Crippen molar-refractivity contribution in [2.24, 2.45) is 11.3 Å². The highest BCUT2D eigenvalue weighted by Gasteiger charge is 2.52. The van der Waals surface area contributed by atoms with Crippen LogP contribution >= 0.6 is 0 Å². The van der Waals surface area contributed by atoms with Crippen molar-refractivity contribution in [3.63, 3.8) is 0 Å². The van der Waals surface area contributed by atoms with E-state index in [0.717, 1.165) is 19.3 Å². The number of ether oxygens (including phenoxy) is 2. The van der Waals surface area contributed by atoms with Crippen molar-refractivity contribution < 1.29 is 14.6 Å². The fourth-order valence-electron chi connectivity index (χ4n) is 3.29. The fraction of sp³-hybridized carbons (Fsp3) is 1.00. The van der Waals surface area contributed by atoms with Gasteiger partial charge >= 0.3 is 0 Å². The Morgan fingerprint density at radius 2 is 1.87 bits per heavy atom. The van der Waals surface area contributed by atoms with Gasteiger partial charge in [-0.15, -0.1) is 0 Å². The van der Waals surface area contributed by atoms with Gasteiger partial charge in [-0.1, -0.05) is 13.8 Å². The summed E-state index contributed by atoms with van der Waals surface area (Å²) >= 11 is 0. The summed E-state index contributed by atoms with van der Waals surface area (Å²) in [4.78, 5) is 0. The molecule has 2 aliphatic rings. The Hall–Kier alpha value is -0.120. The Kier molecular flexibility index (Phi) is 3.06. The quantitative estimate of drug-likeness (QED) is 0.763. The van der Waals surface area contributed by atoms with Crippen LogP contribution in [0, 0.1) is 11.3 Å². The zero-order valence-electron chi connectivity index (χ0n) is 9.79. The average molecular weight is 214 g/mol. The molecule has 1 unspecified atom stereocenters. The third-order valence-corrected chi connectivity index (χ3v) is 4.01. The molecule has 1 saturated heterocycles. The number of hydrogen-bond acceptors (Lipinski definition) is 3. The van der Waals surface area contributed by atoms with E-state index < -0.39 is 0 Å². The van der Waals surface area contributed by atoms with Crippen molar-refractivity contribution in [2.45, 2.75) is 45.3 Å². The van der Waals surface area contributed by atoms with Gasteiger partial charge in [0.1, 0.15) is 0 Å². The maximum absolute atomic E-state index is 9.18. The van der Waals surface area contributed by atoms with Crippen LogP contribution in [-0.4, -0.2) is 30.7 Å². The second-order valence-corrected chi connectivity index (χ2v) is 5.42. The van der Waals surface area contributed by atoms with Gasteiger partial charge in [-0.3, -0.25) is 0 Å². The van der Waals surface area contributed by atoms with Crippen LogP contribution in [0.15, 0.2) is 0 Å². The van der Waals surface area contributed by atoms with Gasteiger partial charge in [0, 0.05) is 18.9 Å². The SMILES string of the molecule is CC1(C)CCCC2(OCCO2)C1CCO. The number of aliphatic hydroxyl groups excluding tert-OH is 1. The van der Waals surface area contributed by atoms with E-state index in [-0.39, 0.29) is 17.8 Å². The molecule has 1 aliphatic carbocycles. The van der Waals surface area contributed by atoms with Gasteiger partial charge in [-0.2, -0.15) is 0 Å². The zero-order chi connectivity index (χ0) is 10.9. The normalized spacial score (nSPS) is 33.4. The summed E-state index contributed by atoms with van der Waals surface area (Å²) in [5, 5.41) is 9.18. The third kappa shape index (κ3) is 1.93. The Bertz CT molecular complexity index is 219. The Morgan fingerprint density at radius 1 is 1.20 bits per heavy atom. The van der Waals surface area contributed by atoms with Crippen molar-refractivity contribution in [2.75, 3.05) is 19.8 Å². The molecule has 3 nitrogen and oxygen atoms in total. The third-order valence-electron chi connectivity index (χ3n) is 4.01. The first-order chi connectivity index (χ1) is 7.11. The molecule has 1 heterocycles. The Balaban J connectivity index is 2.20. The lowest BCUT2D eigenvalue weighted by molar-refractivity contribution is -0.243. The molecule has 0 aromatic heterocycles. The van der Waals surface area contributed by atoms with E-state index in [0.29, 0.717) is 19.1 Å². The van der Waals surface area contributed by atoms with Gasteiger partial charge in [-0.05, 0) is 24.7 Å². The lowest BCUT2D eigenvalue weighted by Gasteiger charge is -2.48. The van der Waals surface area contributed by atoms with Crippen LogP contribution in [-0.2, 0) is 9.47 Å². The predicted molar refractivity (Wildman–Crippen MR) is 57.5 cm³/mol. The standard InChI is InChI=1S/C12H22O3/c1-11(2)5-3-6-12(10(11)4-7-13)14-8-9-15-12/h10,13H,3-9H2,1-2H3. The molecular formula is C12H22O3. The number of hydrogen-bond donors (Lipinski definition) is 1. The van der Waals surface area contributed by atoms with Gasteiger partial charge in [0.05, 0.1) is 13.2 Å². The molecule has 1 saturated carbocycles. The molecule has 0 radical (unpaired) electrons. The van der Waals surface area contributed by atoms with Crippen LogP contribution in [0.25, 0.3) is 0 Å². The molecule has 0 bridgehead atoms. The molecule has 0 amide bonds. The molecule has 88 valence electrons. The molecular weight excluding hydrogens is 192 g/mol. The molecule has 1 aliphatic heterocycles. The summed E-state index contributed by atoms with van der Waals surface area (Å²) in [6.45, 7) is 6.16. The van der Waals surface area contributed by atoms with Crippen LogP contribution in [0.3, 0.4) is 0 Å². The molecule has 3 heteroatoms. The summed E-state index contributed by atoms with van der Waals surface area (Å²) in [6, 6.07) is 0. The first-order valence-electron chi connectivity index (χ1n) is 5.99. The number of aliphatic hydroxyl groups is 1. The van der Waals surface area contributed by atoms with Gasteiger partial charge in [-0.25, -0.2) is 0 Å². The summed E-state index contributed by atoms with van der Waals surface area (Å²) in [5.41, 5.74) is 0.214. The summed E-state index contributed by atoms with van der Waals surface area (Å²) in [5.74, 6) is -0.0592. The molecule has 0 aromatic rings. The van der Waals surface area contributed by atoms with E-state index in [2.05, 4.69) is 13.8 Å². The Labute approximate surface area is 91.8 Å². The highest BCUT2D eigenvalue weighted by atomic mass is 16.7. The minimum absolute atomic E-state index is 0.214. The van der Waals surface area contributed by atoms with E-state index in [1.807, 2.05) is 0 Å². The maximum Gasteiger partial charge on any atom is 0.171 e. The van der Waals surface area contributed by atoms with Crippen molar-refractivity contribution in [1.82, 2.24) is 0 Å². The van der Waals surface area contributed by atoms with Gasteiger partial charge in [0.25, 0.3) is 0 Å². The summed E-state index contributed by atoms with van der Waals surface area (Å²) in [7, 11) is 0. The van der Waals surface area contributed by atoms with Crippen LogP contribution in [0.5, 0.6) is 0 Å². The largest absolute Gasteiger partial charge is 0.396 e. The minimum Gasteiger partial charge on any atom is -0.396 e. The van der Waals surface area contributed by atoms with Crippen LogP contribution in [0.2, 0.25) is 0 Å². The average Bonchev–Trinajstić information content (AvgIpc) is 2.61. The topological polar surface area (TPSA) is 38.7 Å². The van der Waals surface area contributed by atoms with E-state index in [9.17, 15) is 5.11 Å². The van der Waals surface area contributed by atoms with E-state index >= 15 is 0 Å². The van der Waals surface area contributed by atoms with E-state index in [1.165, 1.54) is 6.42 Å². The summed E-state index contributed by atoms with van der Waals surface area (Å²) < 4.78 is 11.7. The highest BCUT2D eigenvalue weighted by Crippen LogP contribution is 2.51. The first-order valence-corrected chi connectivity index (χ1v) is 5.99. The van der Waals surface area contributed by atoms with Crippen molar-refractivity contribution in [3.05, 3.63) is 0 Å². The van der Waals surface area contributed by atoms with Gasteiger partial charge < -0.3 is 14.6 Å². The lowest BCUT2D eigenvalue weighted by Crippen LogP contribution is -2.50. The molecule has 15 heavy (non-hydrogen) atoms. The van der Waals surface area contributed by atoms with Crippen LogP contribution in [0.4, 0.5) is 0 Å². The maximum atomic E-state index is 9.18. The van der Waals surface area contributed by atoms with Crippen molar-refractivity contribution >= 4 is 0 Å². The molecule has 0 aromatic carbocycles. The van der Waals surface area contributed by atoms with E-state index in [4.69, 9.17) is 9.47 Å². The molecule has 2 rings (SSSR count). The van der Waals surface area contributed by atoms with Crippen molar-refractivity contribution in [1.29, 1.82) is 0 Å². The highest BCUT2D eigenvalue weighted by molar-refractivity contribution is 4.95. The second kappa shape index (κ2) is 4.04. The first kappa shape index (κ1) is 11.4. The minimum atomic E-state index is -0.384. The van der Waals surface area contributed by atoms with Gasteiger partial charge in [0.15, 0.2) is 5.79 Å². The predicted octanol–water partition coefficient (Wildman–Crippen LogP) is 1.94. The fourth-order valence-corrected chi connectivity index (χ4v) is 3.29. The zero-order valence-corrected chi connectivity index (χ0v) is 9.79. The Morgan fingerprint density at radius 3 is 2.47 bits per heavy atom. The van der Waals surface area contributed by atoms with Crippen LogP contribution in [0.1, 0.15) is 39.5 Å².